The number of methoxy groups -OCH3 is 1. The number of carbonyl (C=O) groups excluding carboxylic acids is 1. The number of amides is 1. The van der Waals surface area contributed by atoms with Crippen LogP contribution in [0.2, 0.25) is 0 Å². The molecular weight excluding hydrogens is 278 g/mol. The smallest absolute Gasteiger partial charge is 0.406 e. The van der Waals surface area contributed by atoms with Crippen molar-refractivity contribution in [2.45, 2.75) is 19.3 Å². The molecule has 0 aliphatic heterocycles. The Morgan fingerprint density at radius 2 is 2.33 bits per heavy atom. The molecule has 1 aromatic rings. The fraction of sp³-hybridized carbons (Fsp3) is 0.500. The number of alkyl carbamates (subject to hydrolysis) is 1. The van der Waals surface area contributed by atoms with E-state index in [2.05, 4.69) is 45.9 Å². The highest BCUT2D eigenvalue weighted by molar-refractivity contribution is 9.10. The lowest BCUT2D eigenvalue weighted by atomic mass is 9.91. The van der Waals surface area contributed by atoms with Crippen LogP contribution >= 0.6 is 27.3 Å². The molecule has 0 radical (unpaired) electrons. The quantitative estimate of drug-likeness (QED) is 0.929. The highest BCUT2D eigenvalue weighted by Crippen LogP contribution is 2.30. The van der Waals surface area contributed by atoms with E-state index in [4.69, 9.17) is 0 Å². The Balaban J connectivity index is 2.63. The maximum Gasteiger partial charge on any atom is 0.406 e. The van der Waals surface area contributed by atoms with Crippen LogP contribution in [-0.2, 0) is 10.2 Å². The summed E-state index contributed by atoms with van der Waals surface area (Å²) in [5.41, 5.74) is -0.0785. The second-order valence-corrected chi connectivity index (χ2v) is 5.69. The molecule has 0 spiro atoms. The van der Waals surface area contributed by atoms with Gasteiger partial charge < -0.3 is 10.1 Å². The summed E-state index contributed by atoms with van der Waals surface area (Å²) in [5.74, 6) is 0. The lowest BCUT2D eigenvalue weighted by Crippen LogP contribution is -2.36. The molecule has 0 aliphatic carbocycles. The van der Waals surface area contributed by atoms with E-state index in [1.54, 1.807) is 11.3 Å². The first-order chi connectivity index (χ1) is 6.95. The number of ether oxygens (including phenoxy) is 1. The average Bonchev–Trinajstić information content (AvgIpc) is 2.62. The standard InChI is InChI=1S/C10H14BrNO2S/c1-10(2,6-12-9(13)14-3)8-4-7(11)5-15-8/h4-5H,6H2,1-3H3,(H,12,13). The van der Waals surface area contributed by atoms with Gasteiger partial charge in [-0.05, 0) is 22.0 Å². The Labute approximate surface area is 102 Å². The van der Waals surface area contributed by atoms with E-state index in [0.29, 0.717) is 6.54 Å². The zero-order valence-corrected chi connectivity index (χ0v) is 11.4. The zero-order chi connectivity index (χ0) is 11.5. The molecular formula is C10H14BrNO2S. The van der Waals surface area contributed by atoms with Crippen molar-refractivity contribution in [1.29, 1.82) is 0 Å². The van der Waals surface area contributed by atoms with E-state index in [0.717, 1.165) is 4.47 Å². The number of rotatable bonds is 3. The van der Waals surface area contributed by atoms with Gasteiger partial charge in [0.1, 0.15) is 0 Å². The Hall–Kier alpha value is -0.550. The highest BCUT2D eigenvalue weighted by Gasteiger charge is 2.23. The van der Waals surface area contributed by atoms with Crippen molar-refractivity contribution in [1.82, 2.24) is 5.32 Å². The summed E-state index contributed by atoms with van der Waals surface area (Å²) in [7, 11) is 1.37. The van der Waals surface area contributed by atoms with E-state index >= 15 is 0 Å². The van der Waals surface area contributed by atoms with Gasteiger partial charge in [-0.1, -0.05) is 13.8 Å². The Morgan fingerprint density at radius 1 is 1.67 bits per heavy atom. The monoisotopic (exact) mass is 291 g/mol. The Morgan fingerprint density at radius 3 is 2.80 bits per heavy atom. The van der Waals surface area contributed by atoms with E-state index in [1.165, 1.54) is 12.0 Å². The lowest BCUT2D eigenvalue weighted by molar-refractivity contribution is 0.168. The minimum Gasteiger partial charge on any atom is -0.453 e. The van der Waals surface area contributed by atoms with Gasteiger partial charge in [-0.3, -0.25) is 0 Å². The van der Waals surface area contributed by atoms with Crippen LogP contribution < -0.4 is 5.32 Å². The van der Waals surface area contributed by atoms with Gasteiger partial charge in [0.2, 0.25) is 0 Å². The average molecular weight is 292 g/mol. The van der Waals surface area contributed by atoms with Crippen molar-refractivity contribution in [2.24, 2.45) is 0 Å². The predicted molar refractivity (Wildman–Crippen MR) is 65.5 cm³/mol. The number of hydrogen-bond donors (Lipinski definition) is 1. The van der Waals surface area contributed by atoms with Gasteiger partial charge in [0.05, 0.1) is 7.11 Å². The molecule has 0 bridgehead atoms. The highest BCUT2D eigenvalue weighted by atomic mass is 79.9. The Bertz CT molecular complexity index is 349. The first kappa shape index (κ1) is 12.5. The first-order valence-corrected chi connectivity index (χ1v) is 6.19. The molecule has 3 nitrogen and oxygen atoms in total. The molecule has 0 saturated heterocycles. The largest absolute Gasteiger partial charge is 0.453 e. The fourth-order valence-corrected chi connectivity index (χ4v) is 2.67. The fourth-order valence-electron chi connectivity index (χ4n) is 1.12. The molecule has 1 N–H and O–H groups in total. The van der Waals surface area contributed by atoms with Crippen molar-refractivity contribution >= 4 is 33.4 Å². The summed E-state index contributed by atoms with van der Waals surface area (Å²) >= 11 is 5.09. The van der Waals surface area contributed by atoms with E-state index in [-0.39, 0.29) is 5.41 Å². The third-order valence-corrected chi connectivity index (χ3v) is 4.15. The first-order valence-electron chi connectivity index (χ1n) is 4.52. The van der Waals surface area contributed by atoms with Crippen LogP contribution in [0.3, 0.4) is 0 Å². The summed E-state index contributed by atoms with van der Waals surface area (Å²) < 4.78 is 5.61. The molecule has 0 aliphatic rings. The lowest BCUT2D eigenvalue weighted by Gasteiger charge is -2.23. The number of carbonyl (C=O) groups is 1. The summed E-state index contributed by atoms with van der Waals surface area (Å²) in [6.07, 6.45) is -0.390. The molecule has 1 rings (SSSR count). The van der Waals surface area contributed by atoms with Crippen LogP contribution in [0.1, 0.15) is 18.7 Å². The van der Waals surface area contributed by atoms with Gasteiger partial charge in [-0.25, -0.2) is 4.79 Å². The summed E-state index contributed by atoms with van der Waals surface area (Å²) in [4.78, 5) is 12.2. The van der Waals surface area contributed by atoms with Crippen LogP contribution in [0.15, 0.2) is 15.9 Å². The van der Waals surface area contributed by atoms with Crippen LogP contribution in [0, 0.1) is 0 Å². The van der Waals surface area contributed by atoms with Crippen LogP contribution in [0.4, 0.5) is 4.79 Å². The maximum atomic E-state index is 11.0. The van der Waals surface area contributed by atoms with Crippen molar-refractivity contribution in [3.8, 4) is 0 Å². The molecule has 1 amide bonds. The third-order valence-electron chi connectivity index (χ3n) is 2.09. The van der Waals surface area contributed by atoms with Crippen molar-refractivity contribution < 1.29 is 9.53 Å². The predicted octanol–water partition coefficient (Wildman–Crippen LogP) is 3.14. The van der Waals surface area contributed by atoms with Gasteiger partial charge >= 0.3 is 6.09 Å². The number of nitrogens with one attached hydrogen (secondary N) is 1. The number of thiophene rings is 1. The van der Waals surface area contributed by atoms with Crippen molar-refractivity contribution in [3.05, 3.63) is 20.8 Å². The molecule has 0 aromatic carbocycles. The molecule has 1 heterocycles. The summed E-state index contributed by atoms with van der Waals surface area (Å²) in [5, 5.41) is 4.75. The molecule has 0 saturated carbocycles. The van der Waals surface area contributed by atoms with E-state index < -0.39 is 6.09 Å². The number of hydrogen-bond acceptors (Lipinski definition) is 3. The Kier molecular flexibility index (Phi) is 4.16. The molecule has 5 heteroatoms. The van der Waals surface area contributed by atoms with Crippen LogP contribution in [-0.4, -0.2) is 19.7 Å². The van der Waals surface area contributed by atoms with E-state index in [1.807, 2.05) is 5.38 Å². The summed E-state index contributed by atoms with van der Waals surface area (Å²) in [6.45, 7) is 4.73. The molecule has 84 valence electrons. The van der Waals surface area contributed by atoms with Crippen LogP contribution in [0.25, 0.3) is 0 Å². The van der Waals surface area contributed by atoms with Crippen molar-refractivity contribution in [2.75, 3.05) is 13.7 Å². The van der Waals surface area contributed by atoms with Gasteiger partial charge in [-0.15, -0.1) is 11.3 Å². The topological polar surface area (TPSA) is 38.3 Å². The summed E-state index contributed by atoms with van der Waals surface area (Å²) in [6, 6.07) is 2.07. The molecule has 0 unspecified atom stereocenters. The second kappa shape index (κ2) is 4.99. The second-order valence-electron chi connectivity index (χ2n) is 3.86. The van der Waals surface area contributed by atoms with E-state index in [9.17, 15) is 4.79 Å². The SMILES string of the molecule is COC(=O)NCC(C)(C)c1cc(Br)cs1. The van der Waals surface area contributed by atoms with Crippen molar-refractivity contribution in [3.63, 3.8) is 0 Å². The van der Waals surface area contributed by atoms with Gasteiger partial charge in [0, 0.05) is 26.7 Å². The van der Waals surface area contributed by atoms with Gasteiger partial charge in [0.25, 0.3) is 0 Å². The van der Waals surface area contributed by atoms with Gasteiger partial charge in [-0.2, -0.15) is 0 Å². The molecule has 0 fully saturated rings. The third kappa shape index (κ3) is 3.50. The molecule has 1 aromatic heterocycles. The minimum atomic E-state index is -0.390. The zero-order valence-electron chi connectivity index (χ0n) is 8.96. The molecule has 0 atom stereocenters. The van der Waals surface area contributed by atoms with Gasteiger partial charge in [0.15, 0.2) is 0 Å². The molecule has 15 heavy (non-hydrogen) atoms. The normalized spacial score (nSPS) is 11.2. The van der Waals surface area contributed by atoms with Crippen LogP contribution in [0.5, 0.6) is 0 Å². The maximum absolute atomic E-state index is 11.0. The number of halogens is 1. The minimum absolute atomic E-state index is 0.0785.